The van der Waals surface area contributed by atoms with Gasteiger partial charge < -0.3 is 24.7 Å². The smallest absolute Gasteiger partial charge is 0.234 e. The van der Waals surface area contributed by atoms with Crippen molar-refractivity contribution in [1.29, 1.82) is 0 Å². The van der Waals surface area contributed by atoms with E-state index in [9.17, 15) is 9.59 Å². The zero-order valence-corrected chi connectivity index (χ0v) is 18.3. The second-order valence-corrected chi connectivity index (χ2v) is 8.90. The molecule has 7 heteroatoms. The highest BCUT2D eigenvalue weighted by Crippen LogP contribution is 2.53. The van der Waals surface area contributed by atoms with Crippen LogP contribution in [-0.2, 0) is 20.7 Å². The summed E-state index contributed by atoms with van der Waals surface area (Å²) in [6.07, 6.45) is 6.22. The van der Waals surface area contributed by atoms with E-state index >= 15 is 0 Å². The lowest BCUT2D eigenvalue weighted by Crippen LogP contribution is -2.44. The van der Waals surface area contributed by atoms with Gasteiger partial charge in [-0.05, 0) is 30.2 Å². The number of nitrogens with zero attached hydrogens (tertiary/aromatic N) is 1. The molecule has 0 unspecified atom stereocenters. The molecule has 168 valence electrons. The van der Waals surface area contributed by atoms with Crippen LogP contribution in [0.15, 0.2) is 66.9 Å². The van der Waals surface area contributed by atoms with Crippen molar-refractivity contribution in [1.82, 2.24) is 10.3 Å². The third-order valence-corrected chi connectivity index (χ3v) is 7.15. The van der Waals surface area contributed by atoms with Gasteiger partial charge in [0.25, 0.3) is 0 Å². The number of para-hydroxylation sites is 3. The molecule has 2 saturated heterocycles. The van der Waals surface area contributed by atoms with Crippen molar-refractivity contribution in [2.45, 2.75) is 18.1 Å². The molecule has 2 bridgehead atoms. The minimum Gasteiger partial charge on any atom is -0.495 e. The van der Waals surface area contributed by atoms with Crippen LogP contribution >= 0.6 is 0 Å². The summed E-state index contributed by atoms with van der Waals surface area (Å²) < 4.78 is 11.7. The molecule has 33 heavy (non-hydrogen) atoms. The van der Waals surface area contributed by atoms with Gasteiger partial charge in [0.1, 0.15) is 11.4 Å². The van der Waals surface area contributed by atoms with Crippen molar-refractivity contribution in [3.63, 3.8) is 0 Å². The van der Waals surface area contributed by atoms with E-state index < -0.39 is 17.4 Å². The van der Waals surface area contributed by atoms with Gasteiger partial charge in [-0.15, -0.1) is 0 Å². The van der Waals surface area contributed by atoms with E-state index in [1.165, 1.54) is 0 Å². The molecule has 0 radical (unpaired) electrons. The third-order valence-electron chi connectivity index (χ3n) is 7.15. The van der Waals surface area contributed by atoms with Gasteiger partial charge in [-0.2, -0.15) is 0 Å². The van der Waals surface area contributed by atoms with Crippen LogP contribution in [0.4, 0.5) is 5.69 Å². The largest absolute Gasteiger partial charge is 0.495 e. The first kappa shape index (κ1) is 20.1. The molecule has 2 aromatic carbocycles. The Kier molecular flexibility index (Phi) is 4.55. The fourth-order valence-electron chi connectivity index (χ4n) is 5.63. The zero-order valence-electron chi connectivity index (χ0n) is 18.3. The van der Waals surface area contributed by atoms with E-state index in [1.54, 1.807) is 12.0 Å². The summed E-state index contributed by atoms with van der Waals surface area (Å²) in [6.45, 7) is 0.876. The van der Waals surface area contributed by atoms with Gasteiger partial charge in [0, 0.05) is 23.6 Å². The summed E-state index contributed by atoms with van der Waals surface area (Å²) in [7, 11) is 1.59. The topological polar surface area (TPSA) is 83.7 Å². The van der Waals surface area contributed by atoms with Crippen LogP contribution in [0, 0.1) is 11.8 Å². The number of H-pyrrole nitrogens is 1. The number of carbonyl (C=O) groups is 2. The van der Waals surface area contributed by atoms with Crippen molar-refractivity contribution < 1.29 is 19.1 Å². The van der Waals surface area contributed by atoms with Crippen LogP contribution < -0.4 is 15.0 Å². The summed E-state index contributed by atoms with van der Waals surface area (Å²) >= 11 is 0. The minimum absolute atomic E-state index is 0.0943. The molecule has 4 atom stereocenters. The van der Waals surface area contributed by atoms with Gasteiger partial charge in [0.2, 0.25) is 11.8 Å². The number of nitrogens with one attached hydrogen (secondary N) is 2. The summed E-state index contributed by atoms with van der Waals surface area (Å²) in [4.78, 5) is 31.7. The fourth-order valence-corrected chi connectivity index (χ4v) is 5.63. The molecule has 3 aromatic rings. The number of amides is 2. The number of ether oxygens (including phenoxy) is 2. The Morgan fingerprint density at radius 1 is 1.24 bits per heavy atom. The second-order valence-electron chi connectivity index (χ2n) is 8.90. The number of carbonyl (C=O) groups excluding carboxylic acids is 2. The van der Waals surface area contributed by atoms with Crippen molar-refractivity contribution in [2.24, 2.45) is 11.8 Å². The van der Waals surface area contributed by atoms with Crippen molar-refractivity contribution in [2.75, 3.05) is 25.1 Å². The average Bonchev–Trinajstić information content (AvgIpc) is 3.59. The molecule has 4 heterocycles. The predicted molar refractivity (Wildman–Crippen MR) is 124 cm³/mol. The second kappa shape index (κ2) is 7.49. The molecule has 0 aliphatic carbocycles. The lowest BCUT2D eigenvalue weighted by Gasteiger charge is -2.23. The van der Waals surface area contributed by atoms with Crippen molar-refractivity contribution in [3.05, 3.63) is 72.4 Å². The molecule has 6 rings (SSSR count). The SMILES string of the molecule is COc1ccccc1N1C[C@@]23C=C[C@@H](O2)[C@@H](C(=O)NCCc2c[nH]c4ccccc24)[C@H]3C1=O. The quantitative estimate of drug-likeness (QED) is 0.574. The third kappa shape index (κ3) is 2.99. The van der Waals surface area contributed by atoms with E-state index in [-0.39, 0.29) is 17.9 Å². The lowest BCUT2D eigenvalue weighted by molar-refractivity contribution is -0.131. The molecule has 3 aliphatic heterocycles. The Labute approximate surface area is 191 Å². The highest BCUT2D eigenvalue weighted by molar-refractivity contribution is 6.04. The number of anilines is 1. The number of benzene rings is 2. The van der Waals surface area contributed by atoms with Gasteiger partial charge in [0.15, 0.2) is 0 Å². The molecule has 1 aromatic heterocycles. The van der Waals surface area contributed by atoms with Crippen LogP contribution in [0.1, 0.15) is 5.56 Å². The van der Waals surface area contributed by atoms with Crippen LogP contribution in [0.5, 0.6) is 5.75 Å². The number of hydrogen-bond acceptors (Lipinski definition) is 4. The lowest BCUT2D eigenvalue weighted by atomic mass is 9.77. The molecular formula is C26H25N3O4. The maximum Gasteiger partial charge on any atom is 0.234 e. The van der Waals surface area contributed by atoms with Gasteiger partial charge in [0.05, 0.1) is 37.3 Å². The van der Waals surface area contributed by atoms with Crippen LogP contribution in [0.25, 0.3) is 10.9 Å². The van der Waals surface area contributed by atoms with Crippen LogP contribution in [0.3, 0.4) is 0 Å². The monoisotopic (exact) mass is 443 g/mol. The highest BCUT2D eigenvalue weighted by Gasteiger charge is 2.67. The molecule has 2 N–H and O–H groups in total. The van der Waals surface area contributed by atoms with E-state index in [0.717, 1.165) is 16.5 Å². The molecule has 2 fully saturated rings. The molecule has 3 aliphatic rings. The van der Waals surface area contributed by atoms with Crippen LogP contribution in [-0.4, -0.2) is 48.7 Å². The molecule has 7 nitrogen and oxygen atoms in total. The van der Waals surface area contributed by atoms with E-state index in [1.807, 2.05) is 60.8 Å². The van der Waals surface area contributed by atoms with Gasteiger partial charge in [-0.1, -0.05) is 42.5 Å². The molecule has 2 amide bonds. The molecular weight excluding hydrogens is 418 g/mol. The average molecular weight is 444 g/mol. The Morgan fingerprint density at radius 2 is 2.06 bits per heavy atom. The number of rotatable bonds is 6. The Balaban J connectivity index is 1.19. The van der Waals surface area contributed by atoms with Gasteiger partial charge in [-0.25, -0.2) is 0 Å². The number of fused-ring (bicyclic) bond motifs is 2. The number of methoxy groups -OCH3 is 1. The summed E-state index contributed by atoms with van der Waals surface area (Å²) in [6, 6.07) is 15.6. The highest BCUT2D eigenvalue weighted by atomic mass is 16.5. The fraction of sp³-hybridized carbons (Fsp3) is 0.308. The summed E-state index contributed by atoms with van der Waals surface area (Å²) in [5, 5.41) is 4.22. The summed E-state index contributed by atoms with van der Waals surface area (Å²) in [5.41, 5.74) is 2.18. The zero-order chi connectivity index (χ0) is 22.6. The van der Waals surface area contributed by atoms with E-state index in [4.69, 9.17) is 9.47 Å². The van der Waals surface area contributed by atoms with Crippen molar-refractivity contribution >= 4 is 28.4 Å². The first-order chi connectivity index (χ1) is 16.1. The van der Waals surface area contributed by atoms with Crippen molar-refractivity contribution in [3.8, 4) is 5.75 Å². The molecule has 0 saturated carbocycles. The van der Waals surface area contributed by atoms with E-state index in [0.29, 0.717) is 30.9 Å². The predicted octanol–water partition coefficient (Wildman–Crippen LogP) is 2.82. The Morgan fingerprint density at radius 3 is 2.94 bits per heavy atom. The molecule has 1 spiro atoms. The maximum atomic E-state index is 13.5. The van der Waals surface area contributed by atoms with Gasteiger partial charge >= 0.3 is 0 Å². The number of hydrogen-bond donors (Lipinski definition) is 2. The summed E-state index contributed by atoms with van der Waals surface area (Å²) in [5.74, 6) is -0.675. The number of aromatic amines is 1. The maximum absolute atomic E-state index is 13.5. The van der Waals surface area contributed by atoms with Gasteiger partial charge in [-0.3, -0.25) is 9.59 Å². The standard InChI is InChI=1S/C26H25N3O4/c1-32-20-9-5-4-8-19(20)29-15-26-12-10-21(33-26)22(23(26)25(29)31)24(30)27-13-11-16-14-28-18-7-3-2-6-17(16)18/h2-10,12,14,21-23,28H,11,13,15H2,1H3,(H,27,30)/t21-,22-,23+,26-/m1/s1. The Bertz CT molecular complexity index is 1280. The minimum atomic E-state index is -0.762. The normalized spacial score (nSPS) is 27.4. The van der Waals surface area contributed by atoms with E-state index in [2.05, 4.69) is 16.4 Å². The first-order valence-electron chi connectivity index (χ1n) is 11.3. The van der Waals surface area contributed by atoms with Crippen LogP contribution in [0.2, 0.25) is 0 Å². The number of aromatic nitrogens is 1. The Hall–Kier alpha value is -3.58. The first-order valence-corrected chi connectivity index (χ1v) is 11.3.